The minimum atomic E-state index is -0.388. The molecular formula is C13H15BrN2O3. The van der Waals surface area contributed by atoms with Crippen molar-refractivity contribution in [2.45, 2.75) is 12.5 Å². The first-order valence-electron chi connectivity index (χ1n) is 6.06. The third-order valence-electron chi connectivity index (χ3n) is 2.95. The first kappa shape index (κ1) is 14.0. The van der Waals surface area contributed by atoms with E-state index in [9.17, 15) is 9.59 Å². The molecule has 2 amide bonds. The molecule has 0 spiro atoms. The van der Waals surface area contributed by atoms with Crippen LogP contribution in [0, 0.1) is 0 Å². The van der Waals surface area contributed by atoms with E-state index in [0.29, 0.717) is 25.2 Å². The van der Waals surface area contributed by atoms with E-state index < -0.39 is 0 Å². The van der Waals surface area contributed by atoms with E-state index in [4.69, 9.17) is 5.11 Å². The van der Waals surface area contributed by atoms with Crippen LogP contribution < -0.4 is 5.32 Å². The minimum absolute atomic E-state index is 0.0404. The maximum absolute atomic E-state index is 11.8. The fraction of sp³-hybridized carbons (Fsp3) is 0.385. The lowest BCUT2D eigenvalue weighted by Gasteiger charge is -2.35. The Morgan fingerprint density at radius 2 is 1.95 bits per heavy atom. The van der Waals surface area contributed by atoms with Gasteiger partial charge in [0.15, 0.2) is 0 Å². The molecule has 1 heterocycles. The summed E-state index contributed by atoms with van der Waals surface area (Å²) in [5, 5.41) is 11.8. The zero-order valence-corrected chi connectivity index (χ0v) is 11.9. The number of likely N-dealkylation sites (tertiary alicyclic amines) is 1. The van der Waals surface area contributed by atoms with Gasteiger partial charge in [-0.05, 0) is 24.3 Å². The summed E-state index contributed by atoms with van der Waals surface area (Å²) in [6.07, 6.45) is -0.129. The predicted molar refractivity (Wildman–Crippen MR) is 73.7 cm³/mol. The normalized spacial score (nSPS) is 14.9. The van der Waals surface area contributed by atoms with Crippen LogP contribution >= 0.6 is 15.9 Å². The Morgan fingerprint density at radius 1 is 1.32 bits per heavy atom. The molecule has 1 saturated heterocycles. The first-order valence-corrected chi connectivity index (χ1v) is 6.85. The maximum atomic E-state index is 11.8. The number of rotatable bonds is 4. The molecule has 1 aromatic rings. The van der Waals surface area contributed by atoms with Crippen LogP contribution in [0.4, 0.5) is 0 Å². The molecule has 5 nitrogen and oxygen atoms in total. The van der Waals surface area contributed by atoms with Crippen LogP contribution in [-0.4, -0.2) is 47.6 Å². The number of carbonyl (C=O) groups excluding carboxylic acids is 2. The largest absolute Gasteiger partial charge is 0.389 e. The maximum Gasteiger partial charge on any atom is 0.251 e. The number of nitrogens with one attached hydrogen (secondary N) is 1. The van der Waals surface area contributed by atoms with Crippen molar-refractivity contribution in [1.82, 2.24) is 10.2 Å². The Kier molecular flexibility index (Phi) is 4.55. The van der Waals surface area contributed by atoms with E-state index in [1.807, 2.05) is 0 Å². The lowest BCUT2D eigenvalue weighted by Crippen LogP contribution is -2.53. The van der Waals surface area contributed by atoms with Crippen LogP contribution in [-0.2, 0) is 4.79 Å². The van der Waals surface area contributed by atoms with E-state index in [1.165, 1.54) is 0 Å². The van der Waals surface area contributed by atoms with Gasteiger partial charge in [-0.3, -0.25) is 9.59 Å². The molecule has 6 heteroatoms. The van der Waals surface area contributed by atoms with Crippen LogP contribution in [0.5, 0.6) is 0 Å². The molecule has 102 valence electrons. The Bertz CT molecular complexity index is 469. The highest BCUT2D eigenvalue weighted by Gasteiger charge is 2.28. The number of halogens is 1. The van der Waals surface area contributed by atoms with E-state index in [-0.39, 0.29) is 24.3 Å². The molecule has 0 saturated carbocycles. The van der Waals surface area contributed by atoms with E-state index >= 15 is 0 Å². The van der Waals surface area contributed by atoms with Gasteiger partial charge < -0.3 is 15.3 Å². The molecule has 1 aliphatic heterocycles. The van der Waals surface area contributed by atoms with Crippen molar-refractivity contribution < 1.29 is 14.7 Å². The van der Waals surface area contributed by atoms with Gasteiger partial charge in [0.25, 0.3) is 5.91 Å². The van der Waals surface area contributed by atoms with E-state index in [0.717, 1.165) is 4.47 Å². The van der Waals surface area contributed by atoms with Crippen molar-refractivity contribution in [3.63, 3.8) is 0 Å². The van der Waals surface area contributed by atoms with Crippen molar-refractivity contribution in [2.24, 2.45) is 0 Å². The number of aliphatic hydroxyl groups excluding tert-OH is 1. The number of aliphatic hydroxyl groups is 1. The zero-order chi connectivity index (χ0) is 13.8. The lowest BCUT2D eigenvalue weighted by molar-refractivity contribution is -0.141. The Hall–Kier alpha value is -1.40. The molecule has 0 bridgehead atoms. The summed E-state index contributed by atoms with van der Waals surface area (Å²) in [5.41, 5.74) is 0.565. The number of nitrogens with zero attached hydrogens (tertiary/aromatic N) is 1. The average molecular weight is 327 g/mol. The van der Waals surface area contributed by atoms with Gasteiger partial charge in [-0.1, -0.05) is 15.9 Å². The Labute approximate surface area is 119 Å². The predicted octanol–water partition coefficient (Wildman–Crippen LogP) is 0.772. The van der Waals surface area contributed by atoms with Gasteiger partial charge in [0.1, 0.15) is 0 Å². The van der Waals surface area contributed by atoms with E-state index in [1.54, 1.807) is 29.2 Å². The van der Waals surface area contributed by atoms with Crippen LogP contribution in [0.2, 0.25) is 0 Å². The molecule has 1 aromatic carbocycles. The molecule has 1 fully saturated rings. The number of amides is 2. The molecule has 19 heavy (non-hydrogen) atoms. The van der Waals surface area contributed by atoms with Gasteiger partial charge in [0.2, 0.25) is 5.91 Å². The highest BCUT2D eigenvalue weighted by atomic mass is 79.9. The summed E-state index contributed by atoms with van der Waals surface area (Å²) in [6, 6.07) is 7.02. The standard InChI is InChI=1S/C13H15BrN2O3/c14-10-3-1-9(2-4-10)13(19)15-6-5-12(18)16-7-11(17)8-16/h1-4,11,17H,5-8H2,(H,15,19). The van der Waals surface area contributed by atoms with Gasteiger partial charge in [0, 0.05) is 36.1 Å². The molecule has 0 unspecified atom stereocenters. The van der Waals surface area contributed by atoms with Gasteiger partial charge in [-0.2, -0.15) is 0 Å². The van der Waals surface area contributed by atoms with Gasteiger partial charge in [-0.15, -0.1) is 0 Å². The molecule has 2 N–H and O–H groups in total. The quantitative estimate of drug-likeness (QED) is 0.858. The average Bonchev–Trinajstić information content (AvgIpc) is 2.35. The molecule has 1 aliphatic rings. The summed E-state index contributed by atoms with van der Waals surface area (Å²) < 4.78 is 0.913. The highest BCUT2D eigenvalue weighted by Crippen LogP contribution is 2.11. The number of benzene rings is 1. The molecule has 0 radical (unpaired) electrons. The van der Waals surface area contributed by atoms with Gasteiger partial charge in [-0.25, -0.2) is 0 Å². The third kappa shape index (κ3) is 3.78. The van der Waals surface area contributed by atoms with Crippen LogP contribution in [0.3, 0.4) is 0 Å². The molecule has 2 rings (SSSR count). The summed E-state index contributed by atoms with van der Waals surface area (Å²) in [5.74, 6) is -0.231. The minimum Gasteiger partial charge on any atom is -0.389 e. The second kappa shape index (κ2) is 6.16. The van der Waals surface area contributed by atoms with Crippen molar-refractivity contribution in [2.75, 3.05) is 19.6 Å². The smallest absolute Gasteiger partial charge is 0.251 e. The van der Waals surface area contributed by atoms with Crippen LogP contribution in [0.15, 0.2) is 28.7 Å². The third-order valence-corrected chi connectivity index (χ3v) is 3.47. The van der Waals surface area contributed by atoms with Crippen LogP contribution in [0.1, 0.15) is 16.8 Å². The second-order valence-corrected chi connectivity index (χ2v) is 5.38. The first-order chi connectivity index (χ1) is 9.06. The van der Waals surface area contributed by atoms with Crippen molar-refractivity contribution >= 4 is 27.7 Å². The lowest BCUT2D eigenvalue weighted by atomic mass is 10.1. The van der Waals surface area contributed by atoms with Crippen molar-refractivity contribution in [1.29, 1.82) is 0 Å². The highest BCUT2D eigenvalue weighted by molar-refractivity contribution is 9.10. The SMILES string of the molecule is O=C(NCCC(=O)N1CC(O)C1)c1ccc(Br)cc1. The topological polar surface area (TPSA) is 69.6 Å². The summed E-state index contributed by atoms with van der Waals surface area (Å²) in [4.78, 5) is 24.9. The molecule has 0 atom stereocenters. The number of hydrogen-bond acceptors (Lipinski definition) is 3. The summed E-state index contributed by atoms with van der Waals surface area (Å²) in [6.45, 7) is 1.11. The van der Waals surface area contributed by atoms with Gasteiger partial charge >= 0.3 is 0 Å². The molecular weight excluding hydrogens is 312 g/mol. The molecule has 0 aromatic heterocycles. The Morgan fingerprint density at radius 3 is 2.53 bits per heavy atom. The van der Waals surface area contributed by atoms with Crippen molar-refractivity contribution in [3.8, 4) is 0 Å². The van der Waals surface area contributed by atoms with Gasteiger partial charge in [0.05, 0.1) is 6.10 Å². The summed E-state index contributed by atoms with van der Waals surface area (Å²) in [7, 11) is 0. The van der Waals surface area contributed by atoms with Crippen molar-refractivity contribution in [3.05, 3.63) is 34.3 Å². The monoisotopic (exact) mass is 326 g/mol. The molecule has 0 aliphatic carbocycles. The number of β-amino-alcohol motifs (C(OH)–C–C–N with tert-alkyl or cyclic N) is 1. The second-order valence-electron chi connectivity index (χ2n) is 4.47. The Balaban J connectivity index is 1.72. The fourth-order valence-corrected chi connectivity index (χ4v) is 2.07. The number of carbonyl (C=O) groups is 2. The fourth-order valence-electron chi connectivity index (χ4n) is 1.80. The van der Waals surface area contributed by atoms with E-state index in [2.05, 4.69) is 21.2 Å². The van der Waals surface area contributed by atoms with Crippen LogP contribution in [0.25, 0.3) is 0 Å². The summed E-state index contributed by atoms with van der Waals surface area (Å²) >= 11 is 3.30. The number of hydrogen-bond donors (Lipinski definition) is 2. The zero-order valence-electron chi connectivity index (χ0n) is 10.3.